The zero-order valence-electron chi connectivity index (χ0n) is 10.2. The first-order chi connectivity index (χ1) is 6.65. The zero-order chi connectivity index (χ0) is 10.6. The van der Waals surface area contributed by atoms with Gasteiger partial charge >= 0.3 is 0 Å². The third kappa shape index (κ3) is 3.25. The Morgan fingerprint density at radius 3 is 2.64 bits per heavy atom. The van der Waals surface area contributed by atoms with Crippen molar-refractivity contribution in [2.75, 3.05) is 19.6 Å². The zero-order valence-corrected chi connectivity index (χ0v) is 10.2. The van der Waals surface area contributed by atoms with Crippen LogP contribution in [0, 0.1) is 5.92 Å². The monoisotopic (exact) mass is 198 g/mol. The Hall–Kier alpha value is -0.0800. The second-order valence-electron chi connectivity index (χ2n) is 4.88. The van der Waals surface area contributed by atoms with Gasteiger partial charge in [-0.3, -0.25) is 4.90 Å². The number of nitrogens with zero attached hydrogens (tertiary/aromatic N) is 1. The predicted molar refractivity (Wildman–Crippen MR) is 62.6 cm³/mol. The molecule has 1 heterocycles. The molecule has 1 rings (SSSR count). The molecular weight excluding hydrogens is 172 g/mol. The van der Waals surface area contributed by atoms with Gasteiger partial charge in [-0.15, -0.1) is 0 Å². The van der Waals surface area contributed by atoms with E-state index in [-0.39, 0.29) is 0 Å². The van der Waals surface area contributed by atoms with E-state index in [0.29, 0.717) is 0 Å². The minimum Gasteiger partial charge on any atom is -0.313 e. The number of hydrogen-bond acceptors (Lipinski definition) is 2. The van der Waals surface area contributed by atoms with Gasteiger partial charge in [0.2, 0.25) is 0 Å². The van der Waals surface area contributed by atoms with Crippen LogP contribution in [0.5, 0.6) is 0 Å². The van der Waals surface area contributed by atoms with E-state index in [1.54, 1.807) is 0 Å². The summed E-state index contributed by atoms with van der Waals surface area (Å²) in [5.41, 5.74) is 0. The first-order valence-corrected chi connectivity index (χ1v) is 6.12. The average Bonchev–Trinajstić information content (AvgIpc) is 2.17. The molecule has 1 aliphatic heterocycles. The van der Waals surface area contributed by atoms with Crippen LogP contribution in [0.2, 0.25) is 0 Å². The molecule has 14 heavy (non-hydrogen) atoms. The average molecular weight is 198 g/mol. The van der Waals surface area contributed by atoms with Gasteiger partial charge in [-0.25, -0.2) is 0 Å². The highest BCUT2D eigenvalue weighted by Gasteiger charge is 2.24. The van der Waals surface area contributed by atoms with Crippen LogP contribution in [0.3, 0.4) is 0 Å². The third-order valence-corrected chi connectivity index (χ3v) is 3.49. The smallest absolute Gasteiger partial charge is 0.0195 e. The van der Waals surface area contributed by atoms with Crippen molar-refractivity contribution in [3.05, 3.63) is 0 Å². The van der Waals surface area contributed by atoms with Gasteiger partial charge in [0.25, 0.3) is 0 Å². The molecule has 0 aromatic carbocycles. The van der Waals surface area contributed by atoms with Crippen molar-refractivity contribution in [1.29, 1.82) is 0 Å². The van der Waals surface area contributed by atoms with Crippen LogP contribution in [-0.4, -0.2) is 36.6 Å². The minimum atomic E-state index is 0.731. The molecule has 2 atom stereocenters. The third-order valence-electron chi connectivity index (χ3n) is 3.49. The number of rotatable bonds is 4. The van der Waals surface area contributed by atoms with Crippen molar-refractivity contribution in [2.45, 2.75) is 52.6 Å². The van der Waals surface area contributed by atoms with E-state index in [9.17, 15) is 0 Å². The van der Waals surface area contributed by atoms with Crippen LogP contribution in [0.1, 0.15) is 40.5 Å². The van der Waals surface area contributed by atoms with Crippen LogP contribution in [-0.2, 0) is 0 Å². The largest absolute Gasteiger partial charge is 0.313 e. The number of piperidine rings is 1. The van der Waals surface area contributed by atoms with Gasteiger partial charge in [0, 0.05) is 18.6 Å². The Bertz CT molecular complexity index is 154. The molecule has 0 bridgehead atoms. The SMILES string of the molecule is CCNC1CCCN(C(C)C(C)C)C1. The summed E-state index contributed by atoms with van der Waals surface area (Å²) >= 11 is 0. The number of nitrogens with one attached hydrogen (secondary N) is 1. The predicted octanol–water partition coefficient (Wildman–Crippen LogP) is 2.10. The van der Waals surface area contributed by atoms with Crippen LogP contribution >= 0.6 is 0 Å². The van der Waals surface area contributed by atoms with Gasteiger partial charge in [0.15, 0.2) is 0 Å². The molecule has 1 fully saturated rings. The standard InChI is InChI=1S/C12H26N2/c1-5-13-12-7-6-8-14(9-12)11(4)10(2)3/h10-13H,5-9H2,1-4H3. The molecule has 0 aromatic heterocycles. The second-order valence-corrected chi connectivity index (χ2v) is 4.88. The molecule has 2 nitrogen and oxygen atoms in total. The van der Waals surface area contributed by atoms with Crippen LogP contribution in [0.25, 0.3) is 0 Å². The topological polar surface area (TPSA) is 15.3 Å². The van der Waals surface area contributed by atoms with Crippen molar-refractivity contribution in [3.63, 3.8) is 0 Å². The first kappa shape index (κ1) is 12.0. The number of likely N-dealkylation sites (tertiary alicyclic amines) is 1. The Morgan fingerprint density at radius 2 is 2.07 bits per heavy atom. The summed E-state index contributed by atoms with van der Waals surface area (Å²) in [5.74, 6) is 0.773. The van der Waals surface area contributed by atoms with Crippen molar-refractivity contribution in [2.24, 2.45) is 5.92 Å². The van der Waals surface area contributed by atoms with Gasteiger partial charge in [0.1, 0.15) is 0 Å². The van der Waals surface area contributed by atoms with Gasteiger partial charge in [-0.05, 0) is 38.8 Å². The highest BCUT2D eigenvalue weighted by molar-refractivity contribution is 4.81. The highest BCUT2D eigenvalue weighted by atomic mass is 15.2. The van der Waals surface area contributed by atoms with E-state index in [4.69, 9.17) is 0 Å². The lowest BCUT2D eigenvalue weighted by Gasteiger charge is -2.38. The normalized spacial score (nSPS) is 26.8. The summed E-state index contributed by atoms with van der Waals surface area (Å²) < 4.78 is 0. The Morgan fingerprint density at radius 1 is 1.36 bits per heavy atom. The quantitative estimate of drug-likeness (QED) is 0.744. The van der Waals surface area contributed by atoms with Gasteiger partial charge < -0.3 is 5.32 Å². The molecule has 1 N–H and O–H groups in total. The Kier molecular flexibility index (Phi) is 4.90. The minimum absolute atomic E-state index is 0.731. The van der Waals surface area contributed by atoms with Crippen LogP contribution < -0.4 is 5.32 Å². The molecule has 2 unspecified atom stereocenters. The number of likely N-dealkylation sites (N-methyl/N-ethyl adjacent to an activating group) is 1. The van der Waals surface area contributed by atoms with E-state index in [0.717, 1.165) is 24.5 Å². The highest BCUT2D eigenvalue weighted by Crippen LogP contribution is 2.17. The van der Waals surface area contributed by atoms with E-state index in [1.165, 1.54) is 25.9 Å². The lowest BCUT2D eigenvalue weighted by molar-refractivity contribution is 0.119. The molecule has 1 aliphatic rings. The Labute approximate surface area is 89.1 Å². The van der Waals surface area contributed by atoms with E-state index >= 15 is 0 Å². The van der Waals surface area contributed by atoms with Gasteiger partial charge in [0.05, 0.1) is 0 Å². The first-order valence-electron chi connectivity index (χ1n) is 6.12. The molecule has 2 heteroatoms. The summed E-state index contributed by atoms with van der Waals surface area (Å²) in [5, 5.41) is 3.57. The van der Waals surface area contributed by atoms with Gasteiger partial charge in [-0.1, -0.05) is 20.8 Å². The second kappa shape index (κ2) is 5.72. The maximum Gasteiger partial charge on any atom is 0.0195 e. The van der Waals surface area contributed by atoms with Crippen molar-refractivity contribution in [3.8, 4) is 0 Å². The molecule has 0 amide bonds. The lowest BCUT2D eigenvalue weighted by atomic mass is 9.99. The fraction of sp³-hybridized carbons (Fsp3) is 1.00. The Balaban J connectivity index is 2.39. The number of hydrogen-bond donors (Lipinski definition) is 1. The van der Waals surface area contributed by atoms with Crippen LogP contribution in [0.15, 0.2) is 0 Å². The van der Waals surface area contributed by atoms with E-state index < -0.39 is 0 Å². The molecule has 0 spiro atoms. The summed E-state index contributed by atoms with van der Waals surface area (Å²) in [7, 11) is 0. The van der Waals surface area contributed by atoms with Crippen molar-refractivity contribution < 1.29 is 0 Å². The molecule has 0 aromatic rings. The summed E-state index contributed by atoms with van der Waals surface area (Å²) in [4.78, 5) is 2.64. The maximum atomic E-state index is 3.57. The van der Waals surface area contributed by atoms with Gasteiger partial charge in [-0.2, -0.15) is 0 Å². The lowest BCUT2D eigenvalue weighted by Crippen LogP contribution is -2.50. The maximum absolute atomic E-state index is 3.57. The fourth-order valence-electron chi connectivity index (χ4n) is 2.25. The summed E-state index contributed by atoms with van der Waals surface area (Å²) in [6.07, 6.45) is 2.71. The van der Waals surface area contributed by atoms with Crippen LogP contribution in [0.4, 0.5) is 0 Å². The van der Waals surface area contributed by atoms with E-state index in [2.05, 4.69) is 37.9 Å². The van der Waals surface area contributed by atoms with E-state index in [1.807, 2.05) is 0 Å². The summed E-state index contributed by atoms with van der Waals surface area (Å²) in [6, 6.07) is 1.46. The molecule has 0 radical (unpaired) electrons. The molecule has 1 saturated heterocycles. The fourth-order valence-corrected chi connectivity index (χ4v) is 2.25. The summed E-state index contributed by atoms with van der Waals surface area (Å²) in [6.45, 7) is 12.8. The molecular formula is C12H26N2. The molecule has 0 aliphatic carbocycles. The molecule has 0 saturated carbocycles. The van der Waals surface area contributed by atoms with Crippen molar-refractivity contribution >= 4 is 0 Å². The van der Waals surface area contributed by atoms with Crippen molar-refractivity contribution in [1.82, 2.24) is 10.2 Å². The molecule has 84 valence electrons.